The summed E-state index contributed by atoms with van der Waals surface area (Å²) in [6.45, 7) is 0.0177. The van der Waals surface area contributed by atoms with Gasteiger partial charge in [-0.3, -0.25) is 9.36 Å². The highest BCUT2D eigenvalue weighted by molar-refractivity contribution is 6.06. The van der Waals surface area contributed by atoms with Gasteiger partial charge in [0.15, 0.2) is 29.4 Å². The molecule has 49 heavy (non-hydrogen) atoms. The van der Waals surface area contributed by atoms with Crippen LogP contribution in [0.3, 0.4) is 0 Å². The molecule has 1 fully saturated rings. The molecule has 3 heterocycles. The largest absolute Gasteiger partial charge is 0.497 e. The van der Waals surface area contributed by atoms with Crippen LogP contribution in [0, 0.1) is 6.42 Å². The van der Waals surface area contributed by atoms with Crippen molar-refractivity contribution in [3.05, 3.63) is 151 Å². The molecule has 1 N–H and O–H groups in total. The molecule has 7 rings (SSSR count). The number of anilines is 1. The maximum absolute atomic E-state index is 15.8. The van der Waals surface area contributed by atoms with E-state index in [1.165, 1.54) is 23.6 Å². The number of aromatic nitrogens is 4. The van der Waals surface area contributed by atoms with Gasteiger partial charge in [-0.1, -0.05) is 72.8 Å². The second-order valence-corrected chi connectivity index (χ2v) is 11.4. The van der Waals surface area contributed by atoms with Gasteiger partial charge >= 0.3 is 0 Å². The van der Waals surface area contributed by atoms with Crippen molar-refractivity contribution in [2.24, 2.45) is 0 Å². The molecule has 0 unspecified atom stereocenters. The predicted octanol–water partition coefficient (Wildman–Crippen LogP) is 6.54. The third kappa shape index (κ3) is 6.21. The Bertz CT molecular complexity index is 1980. The van der Waals surface area contributed by atoms with Crippen LogP contribution >= 0.6 is 0 Å². The number of fused-ring (bicyclic) bond motifs is 1. The fraction of sp³-hybridized carbons (Fsp3) is 0.184. The zero-order chi connectivity index (χ0) is 33.8. The van der Waals surface area contributed by atoms with E-state index in [1.54, 1.807) is 38.5 Å². The average molecular weight is 659 g/mol. The molecule has 0 bridgehead atoms. The number of ether oxygens (including phenoxy) is 4. The molecular formula is C38H33FN5O5. The molecule has 0 saturated carbocycles. The molecule has 1 radical (unpaired) electrons. The van der Waals surface area contributed by atoms with Gasteiger partial charge in [0.25, 0.3) is 5.91 Å². The number of nitrogens with zero attached hydrogens (tertiary/aromatic N) is 4. The quantitative estimate of drug-likeness (QED) is 0.156. The van der Waals surface area contributed by atoms with E-state index in [4.69, 9.17) is 18.9 Å². The van der Waals surface area contributed by atoms with Crippen LogP contribution in [0.5, 0.6) is 11.5 Å². The van der Waals surface area contributed by atoms with Crippen molar-refractivity contribution in [1.29, 1.82) is 0 Å². The third-order valence-electron chi connectivity index (χ3n) is 8.52. The van der Waals surface area contributed by atoms with Crippen LogP contribution in [0.15, 0.2) is 122 Å². The topological polar surface area (TPSA) is 110 Å². The first-order valence-corrected chi connectivity index (χ1v) is 15.7. The predicted molar refractivity (Wildman–Crippen MR) is 181 cm³/mol. The van der Waals surface area contributed by atoms with Crippen LogP contribution in [0.4, 0.5) is 10.2 Å². The first kappa shape index (κ1) is 31.9. The summed E-state index contributed by atoms with van der Waals surface area (Å²) in [5.74, 6) is 1.27. The number of rotatable bonds is 11. The molecule has 10 nitrogen and oxygen atoms in total. The first-order chi connectivity index (χ1) is 24.0. The van der Waals surface area contributed by atoms with Gasteiger partial charge in [0.1, 0.15) is 23.4 Å². The third-order valence-corrected chi connectivity index (χ3v) is 8.52. The van der Waals surface area contributed by atoms with Gasteiger partial charge in [-0.25, -0.2) is 19.3 Å². The van der Waals surface area contributed by atoms with Gasteiger partial charge < -0.3 is 24.3 Å². The number of halogens is 1. The summed E-state index contributed by atoms with van der Waals surface area (Å²) in [5.41, 5.74) is 2.56. The Morgan fingerprint density at radius 1 is 0.816 bits per heavy atom. The summed E-state index contributed by atoms with van der Waals surface area (Å²) in [7, 11) is 3.24. The lowest BCUT2D eigenvalue weighted by molar-refractivity contribution is -0.0771. The Morgan fingerprint density at radius 3 is 2.02 bits per heavy atom. The minimum Gasteiger partial charge on any atom is -0.497 e. The lowest BCUT2D eigenvalue weighted by Gasteiger charge is -2.36. The summed E-state index contributed by atoms with van der Waals surface area (Å²) in [6, 6.07) is 34.0. The van der Waals surface area contributed by atoms with Crippen molar-refractivity contribution in [2.45, 2.75) is 24.1 Å². The number of methoxy groups -OCH3 is 2. The molecule has 6 aromatic rings. The van der Waals surface area contributed by atoms with Crippen LogP contribution in [0.1, 0.15) is 33.3 Å². The van der Waals surface area contributed by atoms with Crippen molar-refractivity contribution >= 4 is 22.9 Å². The molecule has 1 saturated heterocycles. The molecule has 11 heteroatoms. The van der Waals surface area contributed by atoms with Crippen LogP contribution < -0.4 is 14.8 Å². The summed E-state index contributed by atoms with van der Waals surface area (Å²) in [4.78, 5) is 25.8. The zero-order valence-corrected chi connectivity index (χ0v) is 26.8. The Kier molecular flexibility index (Phi) is 9.01. The minimum atomic E-state index is -1.50. The Balaban J connectivity index is 1.18. The summed E-state index contributed by atoms with van der Waals surface area (Å²) in [6.07, 6.45) is 0.917. The minimum absolute atomic E-state index is 0.0177. The molecule has 4 aromatic carbocycles. The van der Waals surface area contributed by atoms with Gasteiger partial charge in [0.05, 0.1) is 33.3 Å². The summed E-state index contributed by atoms with van der Waals surface area (Å²) >= 11 is 0. The Hall–Kier alpha value is -5.65. The fourth-order valence-electron chi connectivity index (χ4n) is 6.09. The highest BCUT2D eigenvalue weighted by Crippen LogP contribution is 2.43. The van der Waals surface area contributed by atoms with Gasteiger partial charge in [0, 0.05) is 12.0 Å². The number of hydrogen-bond donors (Lipinski definition) is 1. The van der Waals surface area contributed by atoms with E-state index in [0.717, 1.165) is 16.7 Å². The highest BCUT2D eigenvalue weighted by Gasteiger charge is 2.43. The molecule has 247 valence electrons. The standard InChI is InChI=1S/C38H33FN5O5/c1-46-29-17-13-27(14-18-29)38(26-11-7-4-8-12-26,28-15-19-30(47-2)20-16-28)48-22-31-21-32(39)37(49-31)44-24-42-33-34(40-23-41-35(33)44)43-36(45)25-9-5-3-6-10-25/h3-21,23-24,31-32,37H,22H2,1-2H3,(H,40,41,43,45)/t31-,32-,37-/m1/s1. The number of carbonyl (C=O) groups is 1. The van der Waals surface area contributed by atoms with Crippen molar-refractivity contribution in [3.63, 3.8) is 0 Å². The molecule has 0 spiro atoms. The van der Waals surface area contributed by atoms with E-state index in [0.29, 0.717) is 28.2 Å². The lowest BCUT2D eigenvalue weighted by atomic mass is 9.80. The zero-order valence-electron chi connectivity index (χ0n) is 26.8. The number of imidazole rings is 1. The maximum Gasteiger partial charge on any atom is 0.256 e. The maximum atomic E-state index is 15.8. The normalized spacial score (nSPS) is 17.6. The van der Waals surface area contributed by atoms with Gasteiger partial charge in [-0.15, -0.1) is 0 Å². The molecule has 1 aliphatic heterocycles. The van der Waals surface area contributed by atoms with Crippen LogP contribution in [0.25, 0.3) is 11.2 Å². The number of benzene rings is 4. The van der Waals surface area contributed by atoms with Crippen LogP contribution in [0.2, 0.25) is 0 Å². The van der Waals surface area contributed by atoms with E-state index in [1.807, 2.05) is 84.9 Å². The van der Waals surface area contributed by atoms with Gasteiger partial charge in [-0.05, 0) is 53.1 Å². The lowest BCUT2D eigenvalue weighted by Crippen LogP contribution is -2.36. The van der Waals surface area contributed by atoms with Crippen LogP contribution in [-0.2, 0) is 15.1 Å². The van der Waals surface area contributed by atoms with Crippen molar-refractivity contribution in [1.82, 2.24) is 19.5 Å². The van der Waals surface area contributed by atoms with Crippen molar-refractivity contribution in [2.75, 3.05) is 26.1 Å². The Labute approximate surface area is 282 Å². The molecular weight excluding hydrogens is 625 g/mol. The van der Waals surface area contributed by atoms with Crippen molar-refractivity contribution < 1.29 is 28.1 Å². The second-order valence-electron chi connectivity index (χ2n) is 11.4. The molecule has 1 amide bonds. The van der Waals surface area contributed by atoms with Crippen molar-refractivity contribution in [3.8, 4) is 11.5 Å². The van der Waals surface area contributed by atoms with E-state index in [-0.39, 0.29) is 18.3 Å². The average Bonchev–Trinajstić information content (AvgIpc) is 3.76. The summed E-state index contributed by atoms with van der Waals surface area (Å²) < 4.78 is 41.4. The summed E-state index contributed by atoms with van der Waals surface area (Å²) in [5, 5.41) is 2.78. The molecule has 1 aliphatic rings. The number of carbonyl (C=O) groups excluding carboxylic acids is 1. The van der Waals surface area contributed by atoms with E-state index < -0.39 is 24.1 Å². The molecule has 0 aliphatic carbocycles. The second kappa shape index (κ2) is 13.8. The number of amides is 1. The van der Waals surface area contributed by atoms with Gasteiger partial charge in [0.2, 0.25) is 0 Å². The van der Waals surface area contributed by atoms with Crippen LogP contribution in [-0.4, -0.2) is 58.5 Å². The number of alkyl halides is 1. The van der Waals surface area contributed by atoms with E-state index in [2.05, 4.69) is 20.3 Å². The number of hydrogen-bond acceptors (Lipinski definition) is 8. The molecule has 3 atom stereocenters. The van der Waals surface area contributed by atoms with E-state index >= 15 is 4.39 Å². The number of nitrogens with one attached hydrogen (secondary N) is 1. The smallest absolute Gasteiger partial charge is 0.256 e. The first-order valence-electron chi connectivity index (χ1n) is 15.7. The molecule has 2 aromatic heterocycles. The SMILES string of the molecule is COc1ccc(C(OC[C@H]2[CH][C@@H](F)[C@H](n3cnc4c(NC(=O)c5ccccc5)ncnc43)O2)(c2ccccc2)c2ccc(OC)cc2)cc1. The monoisotopic (exact) mass is 658 g/mol. The van der Waals surface area contributed by atoms with Gasteiger partial charge in [-0.2, -0.15) is 0 Å². The highest BCUT2D eigenvalue weighted by atomic mass is 19.1. The fourth-order valence-corrected chi connectivity index (χ4v) is 6.09. The van der Waals surface area contributed by atoms with E-state index in [9.17, 15) is 4.79 Å². The Morgan fingerprint density at radius 2 is 1.41 bits per heavy atom.